The zero-order valence-electron chi connectivity index (χ0n) is 17.9. The van der Waals surface area contributed by atoms with Gasteiger partial charge in [-0.2, -0.15) is 0 Å². The number of hydrogen-bond acceptors (Lipinski definition) is 5. The number of methoxy groups -OCH3 is 1. The Morgan fingerprint density at radius 1 is 1.23 bits per heavy atom. The molecule has 1 saturated heterocycles. The number of aromatic nitrogens is 1. The van der Waals surface area contributed by atoms with Crippen molar-refractivity contribution in [2.75, 3.05) is 26.7 Å². The summed E-state index contributed by atoms with van der Waals surface area (Å²) in [5, 5.41) is 5.65. The molecule has 0 radical (unpaired) electrons. The van der Waals surface area contributed by atoms with E-state index < -0.39 is 0 Å². The molecule has 1 aliphatic heterocycles. The lowest BCUT2D eigenvalue weighted by Gasteiger charge is -2.31. The van der Waals surface area contributed by atoms with Crippen LogP contribution in [0.5, 0.6) is 5.75 Å². The minimum Gasteiger partial charge on any atom is -0.497 e. The number of thiazole rings is 1. The third kappa shape index (κ3) is 5.81. The van der Waals surface area contributed by atoms with Gasteiger partial charge in [0.2, 0.25) is 5.91 Å². The first-order valence-electron chi connectivity index (χ1n) is 10.8. The molecular weight excluding hydrogens is 398 g/mol. The van der Waals surface area contributed by atoms with Crippen LogP contribution in [0.2, 0.25) is 0 Å². The summed E-state index contributed by atoms with van der Waals surface area (Å²) in [5.74, 6) is 0.635. The van der Waals surface area contributed by atoms with Crippen LogP contribution in [0.4, 0.5) is 0 Å². The second-order valence-corrected chi connectivity index (χ2v) is 8.57. The molecule has 2 amide bonds. The van der Waals surface area contributed by atoms with E-state index in [1.165, 1.54) is 24.2 Å². The van der Waals surface area contributed by atoms with E-state index in [0.29, 0.717) is 18.8 Å². The summed E-state index contributed by atoms with van der Waals surface area (Å²) in [6, 6.07) is 7.64. The number of piperidine rings is 1. The van der Waals surface area contributed by atoms with Crippen LogP contribution in [0.15, 0.2) is 29.6 Å². The summed E-state index contributed by atoms with van der Waals surface area (Å²) in [4.78, 5) is 31.8. The molecule has 1 atom stereocenters. The van der Waals surface area contributed by atoms with Gasteiger partial charge in [0.1, 0.15) is 16.5 Å². The van der Waals surface area contributed by atoms with Crippen molar-refractivity contribution < 1.29 is 14.3 Å². The molecule has 6 nitrogen and oxygen atoms in total. The SMILES string of the molecule is CCCCCCNC(=O)C1CCCN(C(=O)c2csc(-c3ccc(OC)cc3)n2)C1. The predicted octanol–water partition coefficient (Wildman–Crippen LogP) is 4.37. The summed E-state index contributed by atoms with van der Waals surface area (Å²) in [7, 11) is 1.63. The largest absolute Gasteiger partial charge is 0.497 e. The number of carbonyl (C=O) groups is 2. The van der Waals surface area contributed by atoms with Crippen LogP contribution < -0.4 is 10.1 Å². The minimum atomic E-state index is -0.131. The average molecular weight is 430 g/mol. The Labute approximate surface area is 182 Å². The van der Waals surface area contributed by atoms with Gasteiger partial charge in [0, 0.05) is 30.6 Å². The number of nitrogens with zero attached hydrogens (tertiary/aromatic N) is 2. The lowest BCUT2D eigenvalue weighted by Crippen LogP contribution is -2.45. The Bertz CT molecular complexity index is 834. The van der Waals surface area contributed by atoms with E-state index in [-0.39, 0.29) is 17.7 Å². The number of likely N-dealkylation sites (tertiary alicyclic amines) is 1. The molecule has 2 aromatic rings. The minimum absolute atomic E-state index is 0.0706. The van der Waals surface area contributed by atoms with Gasteiger partial charge in [-0.25, -0.2) is 4.98 Å². The lowest BCUT2D eigenvalue weighted by molar-refractivity contribution is -0.126. The third-order valence-electron chi connectivity index (χ3n) is 5.47. The molecule has 1 aliphatic rings. The van der Waals surface area contributed by atoms with Crippen LogP contribution in [-0.4, -0.2) is 48.4 Å². The molecule has 1 fully saturated rings. The van der Waals surface area contributed by atoms with Crippen LogP contribution in [0, 0.1) is 5.92 Å². The summed E-state index contributed by atoms with van der Waals surface area (Å²) in [6.07, 6.45) is 6.22. The van der Waals surface area contributed by atoms with Gasteiger partial charge in [-0.15, -0.1) is 11.3 Å². The van der Waals surface area contributed by atoms with E-state index in [1.54, 1.807) is 17.4 Å². The van der Waals surface area contributed by atoms with Gasteiger partial charge in [-0.3, -0.25) is 9.59 Å². The van der Waals surface area contributed by atoms with Crippen molar-refractivity contribution in [2.45, 2.75) is 45.4 Å². The Morgan fingerprint density at radius 2 is 2.03 bits per heavy atom. The predicted molar refractivity (Wildman–Crippen MR) is 120 cm³/mol. The number of carbonyl (C=O) groups excluding carboxylic acids is 2. The van der Waals surface area contributed by atoms with Crippen LogP contribution in [0.3, 0.4) is 0 Å². The first kappa shape index (κ1) is 22.3. The molecule has 1 N–H and O–H groups in total. The van der Waals surface area contributed by atoms with Crippen LogP contribution in [-0.2, 0) is 4.79 Å². The number of ether oxygens (including phenoxy) is 1. The van der Waals surface area contributed by atoms with Crippen molar-refractivity contribution >= 4 is 23.2 Å². The van der Waals surface area contributed by atoms with E-state index in [0.717, 1.165) is 48.5 Å². The summed E-state index contributed by atoms with van der Waals surface area (Å²) in [5.41, 5.74) is 1.41. The van der Waals surface area contributed by atoms with Gasteiger partial charge >= 0.3 is 0 Å². The molecule has 1 unspecified atom stereocenters. The highest BCUT2D eigenvalue weighted by molar-refractivity contribution is 7.13. The number of benzene rings is 1. The highest BCUT2D eigenvalue weighted by Crippen LogP contribution is 2.27. The summed E-state index contributed by atoms with van der Waals surface area (Å²) < 4.78 is 5.19. The van der Waals surface area contributed by atoms with Crippen LogP contribution in [0.25, 0.3) is 10.6 Å². The highest BCUT2D eigenvalue weighted by atomic mass is 32.1. The van der Waals surface area contributed by atoms with Crippen molar-refractivity contribution in [2.24, 2.45) is 5.92 Å². The fraction of sp³-hybridized carbons (Fsp3) is 0.522. The molecular formula is C23H31N3O3S. The Hall–Kier alpha value is -2.41. The van der Waals surface area contributed by atoms with Crippen LogP contribution in [0.1, 0.15) is 55.9 Å². The summed E-state index contributed by atoms with van der Waals surface area (Å²) >= 11 is 1.45. The number of amides is 2. The standard InChI is InChI=1S/C23H31N3O3S/c1-3-4-5-6-13-24-21(27)18-8-7-14-26(15-18)23(28)20-16-30-22(25-20)17-9-11-19(29-2)12-10-17/h9-12,16,18H,3-8,13-15H2,1-2H3,(H,24,27). The second kappa shape index (κ2) is 11.1. The molecule has 7 heteroatoms. The van der Waals surface area contributed by atoms with E-state index in [4.69, 9.17) is 4.74 Å². The van der Waals surface area contributed by atoms with Gasteiger partial charge in [0.05, 0.1) is 13.0 Å². The molecule has 162 valence electrons. The maximum atomic E-state index is 13.0. The van der Waals surface area contributed by atoms with Crippen LogP contribution >= 0.6 is 11.3 Å². The molecule has 2 heterocycles. The normalized spacial score (nSPS) is 16.3. The average Bonchev–Trinajstić information content (AvgIpc) is 3.28. The number of nitrogens with one attached hydrogen (secondary N) is 1. The molecule has 30 heavy (non-hydrogen) atoms. The molecule has 0 spiro atoms. The maximum Gasteiger partial charge on any atom is 0.273 e. The monoisotopic (exact) mass is 429 g/mol. The zero-order chi connectivity index (χ0) is 21.3. The van der Waals surface area contributed by atoms with Gasteiger partial charge < -0.3 is 15.0 Å². The Balaban J connectivity index is 1.56. The van der Waals surface area contributed by atoms with Gasteiger partial charge in [0.15, 0.2) is 0 Å². The number of hydrogen-bond donors (Lipinski definition) is 1. The molecule has 1 aromatic carbocycles. The fourth-order valence-electron chi connectivity index (χ4n) is 3.68. The maximum absolute atomic E-state index is 13.0. The van der Waals surface area contributed by atoms with Gasteiger partial charge in [-0.1, -0.05) is 26.2 Å². The van der Waals surface area contributed by atoms with Crippen molar-refractivity contribution in [1.29, 1.82) is 0 Å². The summed E-state index contributed by atoms with van der Waals surface area (Å²) in [6.45, 7) is 4.04. The van der Waals surface area contributed by atoms with E-state index >= 15 is 0 Å². The third-order valence-corrected chi connectivity index (χ3v) is 6.36. The lowest BCUT2D eigenvalue weighted by atomic mass is 9.97. The molecule has 3 rings (SSSR count). The van der Waals surface area contributed by atoms with E-state index in [9.17, 15) is 9.59 Å². The number of rotatable bonds is 9. The second-order valence-electron chi connectivity index (χ2n) is 7.71. The Morgan fingerprint density at radius 3 is 2.77 bits per heavy atom. The fourth-order valence-corrected chi connectivity index (χ4v) is 4.48. The first-order valence-corrected chi connectivity index (χ1v) is 11.7. The highest BCUT2D eigenvalue weighted by Gasteiger charge is 2.29. The topological polar surface area (TPSA) is 71.5 Å². The first-order chi connectivity index (χ1) is 14.6. The van der Waals surface area contributed by atoms with Crippen molar-refractivity contribution in [3.05, 3.63) is 35.3 Å². The van der Waals surface area contributed by atoms with Gasteiger partial charge in [0.25, 0.3) is 5.91 Å². The molecule has 0 aliphatic carbocycles. The molecule has 0 bridgehead atoms. The smallest absolute Gasteiger partial charge is 0.273 e. The van der Waals surface area contributed by atoms with E-state index in [2.05, 4.69) is 17.2 Å². The molecule has 0 saturated carbocycles. The van der Waals surface area contributed by atoms with Crippen molar-refractivity contribution in [3.63, 3.8) is 0 Å². The van der Waals surface area contributed by atoms with Crippen molar-refractivity contribution in [3.8, 4) is 16.3 Å². The Kier molecular flexibility index (Phi) is 8.25. The van der Waals surface area contributed by atoms with Crippen molar-refractivity contribution in [1.82, 2.24) is 15.2 Å². The van der Waals surface area contributed by atoms with Gasteiger partial charge in [-0.05, 0) is 43.5 Å². The number of unbranched alkanes of at least 4 members (excludes halogenated alkanes) is 3. The molecule has 1 aromatic heterocycles. The zero-order valence-corrected chi connectivity index (χ0v) is 18.7. The van der Waals surface area contributed by atoms with E-state index in [1.807, 2.05) is 24.3 Å². The quantitative estimate of drug-likeness (QED) is 0.601.